The van der Waals surface area contributed by atoms with E-state index in [1.165, 1.54) is 0 Å². The summed E-state index contributed by atoms with van der Waals surface area (Å²) >= 11 is 0. The van der Waals surface area contributed by atoms with E-state index in [0.29, 0.717) is 30.4 Å². The normalized spacial score (nSPS) is 19.6. The van der Waals surface area contributed by atoms with E-state index < -0.39 is 0 Å². The minimum absolute atomic E-state index is 0.0450. The lowest BCUT2D eigenvalue weighted by molar-refractivity contribution is 0.0620. The third-order valence-electron chi connectivity index (χ3n) is 5.39. The van der Waals surface area contributed by atoms with Crippen molar-refractivity contribution < 1.29 is 9.32 Å². The second-order valence-corrected chi connectivity index (χ2v) is 7.58. The molecule has 0 radical (unpaired) electrons. The Morgan fingerprint density at radius 3 is 2.64 bits per heavy atom. The molecule has 6 nitrogen and oxygen atoms in total. The van der Waals surface area contributed by atoms with E-state index in [-0.39, 0.29) is 11.3 Å². The first-order chi connectivity index (χ1) is 13.6. The van der Waals surface area contributed by atoms with E-state index in [4.69, 9.17) is 10.3 Å². The second kappa shape index (κ2) is 7.56. The van der Waals surface area contributed by atoms with Crippen molar-refractivity contribution in [2.24, 2.45) is 5.73 Å². The van der Waals surface area contributed by atoms with Crippen LogP contribution >= 0.6 is 0 Å². The van der Waals surface area contributed by atoms with Crippen molar-refractivity contribution >= 4 is 5.91 Å². The predicted molar refractivity (Wildman–Crippen MR) is 107 cm³/mol. The zero-order chi connectivity index (χ0) is 19.6. The number of hydrogen-bond acceptors (Lipinski definition) is 5. The van der Waals surface area contributed by atoms with Crippen LogP contribution in [0.2, 0.25) is 0 Å². The molecular formula is C22H24N4O2. The summed E-state index contributed by atoms with van der Waals surface area (Å²) in [5.74, 6) is 1.19. The SMILES string of the molecule is CC1(c2nc(-c3ccc(CN)cc3)no2)CCCN(C(=O)c2ccccc2)C1. The highest BCUT2D eigenvalue weighted by Crippen LogP contribution is 2.34. The number of carbonyl (C=O) groups is 1. The molecule has 1 aliphatic rings. The highest BCUT2D eigenvalue weighted by molar-refractivity contribution is 5.94. The van der Waals surface area contributed by atoms with Crippen LogP contribution in [0.5, 0.6) is 0 Å². The van der Waals surface area contributed by atoms with Gasteiger partial charge in [-0.15, -0.1) is 0 Å². The molecule has 1 aromatic heterocycles. The fraction of sp³-hybridized carbons (Fsp3) is 0.318. The molecule has 0 aliphatic carbocycles. The molecular weight excluding hydrogens is 352 g/mol. The maximum Gasteiger partial charge on any atom is 0.253 e. The Morgan fingerprint density at radius 2 is 1.93 bits per heavy atom. The molecule has 1 amide bonds. The number of piperidine rings is 1. The average Bonchev–Trinajstić information content (AvgIpc) is 3.25. The molecule has 1 unspecified atom stereocenters. The van der Waals surface area contributed by atoms with Crippen molar-refractivity contribution in [2.45, 2.75) is 31.7 Å². The van der Waals surface area contributed by atoms with Gasteiger partial charge in [0.1, 0.15) is 0 Å². The summed E-state index contributed by atoms with van der Waals surface area (Å²) in [4.78, 5) is 19.4. The summed E-state index contributed by atoms with van der Waals surface area (Å²) in [6.45, 7) is 3.90. The van der Waals surface area contributed by atoms with Gasteiger partial charge in [-0.3, -0.25) is 4.79 Å². The summed E-state index contributed by atoms with van der Waals surface area (Å²) in [7, 11) is 0. The molecule has 1 fully saturated rings. The van der Waals surface area contributed by atoms with Gasteiger partial charge in [0.2, 0.25) is 11.7 Å². The van der Waals surface area contributed by atoms with E-state index in [9.17, 15) is 4.79 Å². The number of rotatable bonds is 4. The predicted octanol–water partition coefficient (Wildman–Crippen LogP) is 3.39. The third-order valence-corrected chi connectivity index (χ3v) is 5.39. The smallest absolute Gasteiger partial charge is 0.253 e. The van der Waals surface area contributed by atoms with Gasteiger partial charge in [-0.05, 0) is 37.5 Å². The van der Waals surface area contributed by atoms with Crippen LogP contribution in [-0.4, -0.2) is 34.0 Å². The van der Waals surface area contributed by atoms with Gasteiger partial charge in [-0.1, -0.05) is 47.6 Å². The Balaban J connectivity index is 1.54. The summed E-state index contributed by atoms with van der Waals surface area (Å²) < 4.78 is 5.63. The zero-order valence-electron chi connectivity index (χ0n) is 16.0. The molecule has 0 bridgehead atoms. The van der Waals surface area contributed by atoms with E-state index >= 15 is 0 Å². The standard InChI is InChI=1S/C22H24N4O2/c1-22(12-5-13-26(15-22)20(27)18-6-3-2-4-7-18)21-24-19(25-28-21)17-10-8-16(14-23)9-11-17/h2-4,6-11H,5,12-15,23H2,1H3. The number of likely N-dealkylation sites (tertiary alicyclic amines) is 1. The Labute approximate surface area is 164 Å². The van der Waals surface area contributed by atoms with Crippen molar-refractivity contribution in [3.05, 3.63) is 71.6 Å². The first-order valence-corrected chi connectivity index (χ1v) is 9.57. The Kier molecular flexibility index (Phi) is 4.96. The second-order valence-electron chi connectivity index (χ2n) is 7.58. The summed E-state index contributed by atoms with van der Waals surface area (Å²) in [6.07, 6.45) is 1.80. The topological polar surface area (TPSA) is 85.2 Å². The lowest BCUT2D eigenvalue weighted by Gasteiger charge is -2.38. The Bertz CT molecular complexity index is 952. The van der Waals surface area contributed by atoms with E-state index in [0.717, 1.165) is 30.5 Å². The molecule has 1 atom stereocenters. The largest absolute Gasteiger partial charge is 0.338 e. The number of benzene rings is 2. The van der Waals surface area contributed by atoms with Crippen LogP contribution in [-0.2, 0) is 12.0 Å². The number of nitrogens with two attached hydrogens (primary N) is 1. The maximum atomic E-state index is 12.9. The zero-order valence-corrected chi connectivity index (χ0v) is 16.0. The number of amides is 1. The highest BCUT2D eigenvalue weighted by atomic mass is 16.5. The highest BCUT2D eigenvalue weighted by Gasteiger charge is 2.39. The van der Waals surface area contributed by atoms with Crippen molar-refractivity contribution in [2.75, 3.05) is 13.1 Å². The van der Waals surface area contributed by atoms with Crippen molar-refractivity contribution in [1.82, 2.24) is 15.0 Å². The maximum absolute atomic E-state index is 12.9. The molecule has 6 heteroatoms. The fourth-order valence-corrected chi connectivity index (χ4v) is 3.73. The van der Waals surface area contributed by atoms with Gasteiger partial charge in [0.25, 0.3) is 5.91 Å². The summed E-state index contributed by atoms with van der Waals surface area (Å²) in [6, 6.07) is 17.2. The molecule has 0 saturated carbocycles. The van der Waals surface area contributed by atoms with Gasteiger partial charge in [0.05, 0.1) is 5.41 Å². The van der Waals surface area contributed by atoms with E-state index in [1.54, 1.807) is 0 Å². The van der Waals surface area contributed by atoms with Crippen molar-refractivity contribution in [1.29, 1.82) is 0 Å². The lowest BCUT2D eigenvalue weighted by Crippen LogP contribution is -2.47. The van der Waals surface area contributed by atoms with Crippen LogP contribution in [0.1, 0.15) is 41.6 Å². The first kappa shape index (κ1) is 18.4. The molecule has 0 spiro atoms. The van der Waals surface area contributed by atoms with E-state index in [2.05, 4.69) is 17.1 Å². The van der Waals surface area contributed by atoms with Crippen LogP contribution in [0, 0.1) is 0 Å². The van der Waals surface area contributed by atoms with Gasteiger partial charge < -0.3 is 15.2 Å². The minimum Gasteiger partial charge on any atom is -0.338 e. The number of carbonyl (C=O) groups excluding carboxylic acids is 1. The lowest BCUT2D eigenvalue weighted by atomic mass is 9.81. The molecule has 1 saturated heterocycles. The number of hydrogen-bond donors (Lipinski definition) is 1. The van der Waals surface area contributed by atoms with Crippen molar-refractivity contribution in [3.8, 4) is 11.4 Å². The quantitative estimate of drug-likeness (QED) is 0.754. The van der Waals surface area contributed by atoms with Gasteiger partial charge in [-0.25, -0.2) is 0 Å². The molecule has 2 N–H and O–H groups in total. The van der Waals surface area contributed by atoms with Gasteiger partial charge in [0.15, 0.2) is 0 Å². The molecule has 2 aromatic carbocycles. The molecule has 3 aromatic rings. The van der Waals surface area contributed by atoms with Gasteiger partial charge in [-0.2, -0.15) is 4.98 Å². The van der Waals surface area contributed by atoms with Gasteiger partial charge >= 0.3 is 0 Å². The van der Waals surface area contributed by atoms with Crippen LogP contribution in [0.25, 0.3) is 11.4 Å². The van der Waals surface area contributed by atoms with Crippen molar-refractivity contribution in [3.63, 3.8) is 0 Å². The van der Waals surface area contributed by atoms with Crippen LogP contribution < -0.4 is 5.73 Å². The molecule has 4 rings (SSSR count). The fourth-order valence-electron chi connectivity index (χ4n) is 3.73. The molecule has 144 valence electrons. The minimum atomic E-state index is -0.356. The average molecular weight is 376 g/mol. The monoisotopic (exact) mass is 376 g/mol. The Hall–Kier alpha value is -2.99. The third kappa shape index (κ3) is 3.55. The van der Waals surface area contributed by atoms with Crippen LogP contribution in [0.15, 0.2) is 59.1 Å². The number of aromatic nitrogens is 2. The number of nitrogens with zero attached hydrogens (tertiary/aromatic N) is 3. The van der Waals surface area contributed by atoms with Gasteiger partial charge in [0, 0.05) is 30.8 Å². The molecule has 1 aliphatic heterocycles. The first-order valence-electron chi connectivity index (χ1n) is 9.57. The summed E-state index contributed by atoms with van der Waals surface area (Å²) in [5, 5.41) is 4.17. The molecule has 2 heterocycles. The molecule has 28 heavy (non-hydrogen) atoms. The van der Waals surface area contributed by atoms with E-state index in [1.807, 2.05) is 59.5 Å². The summed E-state index contributed by atoms with van der Waals surface area (Å²) in [5.41, 5.74) is 7.96. The van der Waals surface area contributed by atoms with Crippen LogP contribution in [0.3, 0.4) is 0 Å². The Morgan fingerprint density at radius 1 is 1.18 bits per heavy atom. The van der Waals surface area contributed by atoms with Crippen LogP contribution in [0.4, 0.5) is 0 Å².